The SMILES string of the molecule is COC[C@H](C)Oc1cc(Oc2ccc(S(C)(=O)=O)nc2)cc(-c2ccc(C3=NCCO3)[nH]2)c1. The highest BCUT2D eigenvalue weighted by Gasteiger charge is 2.15. The third-order valence-electron chi connectivity index (χ3n) is 4.76. The first-order chi connectivity index (χ1) is 15.8. The van der Waals surface area contributed by atoms with E-state index in [2.05, 4.69) is 15.0 Å². The molecular weight excluding hydrogens is 446 g/mol. The summed E-state index contributed by atoms with van der Waals surface area (Å²) in [5.74, 6) is 2.09. The van der Waals surface area contributed by atoms with Gasteiger partial charge in [0.2, 0.25) is 5.90 Å². The maximum Gasteiger partial charge on any atom is 0.233 e. The van der Waals surface area contributed by atoms with Crippen LogP contribution in [0.3, 0.4) is 0 Å². The zero-order chi connectivity index (χ0) is 23.4. The van der Waals surface area contributed by atoms with Gasteiger partial charge in [-0.1, -0.05) is 0 Å². The van der Waals surface area contributed by atoms with E-state index in [0.717, 1.165) is 23.2 Å². The second-order valence-electron chi connectivity index (χ2n) is 7.60. The number of hydrogen-bond acceptors (Lipinski definition) is 8. The van der Waals surface area contributed by atoms with Crippen molar-refractivity contribution < 1.29 is 27.4 Å². The molecule has 0 aliphatic carbocycles. The fourth-order valence-corrected chi connectivity index (χ4v) is 3.88. The van der Waals surface area contributed by atoms with Gasteiger partial charge in [0.25, 0.3) is 0 Å². The van der Waals surface area contributed by atoms with Crippen LogP contribution in [0.1, 0.15) is 12.6 Å². The number of nitrogens with zero attached hydrogens (tertiary/aromatic N) is 2. The minimum Gasteiger partial charge on any atom is -0.488 e. The van der Waals surface area contributed by atoms with Gasteiger partial charge in [-0.2, -0.15) is 0 Å². The molecule has 1 aromatic carbocycles. The lowest BCUT2D eigenvalue weighted by Gasteiger charge is -2.16. The predicted octanol–water partition coefficient (Wildman–Crippen LogP) is 3.46. The Hall–Kier alpha value is -3.37. The minimum atomic E-state index is -3.39. The van der Waals surface area contributed by atoms with Crippen molar-refractivity contribution in [3.8, 4) is 28.5 Å². The summed E-state index contributed by atoms with van der Waals surface area (Å²) in [6.45, 7) is 3.57. The van der Waals surface area contributed by atoms with Gasteiger partial charge in [0.1, 0.15) is 35.7 Å². The van der Waals surface area contributed by atoms with E-state index in [9.17, 15) is 8.42 Å². The molecular formula is C23H25N3O6S. The molecule has 1 aliphatic heterocycles. The van der Waals surface area contributed by atoms with E-state index in [4.69, 9.17) is 18.9 Å². The topological polar surface area (TPSA) is 112 Å². The summed E-state index contributed by atoms with van der Waals surface area (Å²) in [6, 6.07) is 12.3. The minimum absolute atomic E-state index is 0.0167. The first-order valence-electron chi connectivity index (χ1n) is 10.3. The predicted molar refractivity (Wildman–Crippen MR) is 123 cm³/mol. The molecule has 33 heavy (non-hydrogen) atoms. The van der Waals surface area contributed by atoms with Gasteiger partial charge < -0.3 is 23.9 Å². The first kappa shape index (κ1) is 22.8. The second-order valence-corrected chi connectivity index (χ2v) is 9.57. The zero-order valence-electron chi connectivity index (χ0n) is 18.6. The third-order valence-corrected chi connectivity index (χ3v) is 5.76. The van der Waals surface area contributed by atoms with Gasteiger partial charge in [-0.15, -0.1) is 0 Å². The molecule has 1 aliphatic rings. The molecule has 1 atom stereocenters. The van der Waals surface area contributed by atoms with Crippen LogP contribution in [0.15, 0.2) is 58.7 Å². The highest BCUT2D eigenvalue weighted by Crippen LogP contribution is 2.33. The summed E-state index contributed by atoms with van der Waals surface area (Å²) < 4.78 is 46.0. The van der Waals surface area contributed by atoms with Crippen LogP contribution < -0.4 is 9.47 Å². The Morgan fingerprint density at radius 1 is 1.09 bits per heavy atom. The summed E-state index contributed by atoms with van der Waals surface area (Å²) in [5.41, 5.74) is 2.46. The molecule has 4 rings (SSSR count). The van der Waals surface area contributed by atoms with Crippen molar-refractivity contribution in [3.63, 3.8) is 0 Å². The molecule has 10 heteroatoms. The number of aromatic amines is 1. The van der Waals surface area contributed by atoms with Gasteiger partial charge >= 0.3 is 0 Å². The summed E-state index contributed by atoms with van der Waals surface area (Å²) in [4.78, 5) is 11.6. The van der Waals surface area contributed by atoms with Crippen molar-refractivity contribution in [2.24, 2.45) is 4.99 Å². The average molecular weight is 472 g/mol. The van der Waals surface area contributed by atoms with Crippen LogP contribution >= 0.6 is 0 Å². The van der Waals surface area contributed by atoms with E-state index >= 15 is 0 Å². The molecule has 0 unspecified atom stereocenters. The Morgan fingerprint density at radius 3 is 2.55 bits per heavy atom. The largest absolute Gasteiger partial charge is 0.488 e. The fourth-order valence-electron chi connectivity index (χ4n) is 3.32. The van der Waals surface area contributed by atoms with Gasteiger partial charge in [-0.05, 0) is 43.3 Å². The highest BCUT2D eigenvalue weighted by molar-refractivity contribution is 7.90. The lowest BCUT2D eigenvalue weighted by atomic mass is 10.1. The van der Waals surface area contributed by atoms with Crippen molar-refractivity contribution in [2.45, 2.75) is 18.1 Å². The van der Waals surface area contributed by atoms with Crippen LogP contribution in [0.2, 0.25) is 0 Å². The quantitative estimate of drug-likeness (QED) is 0.509. The van der Waals surface area contributed by atoms with Gasteiger partial charge in [-0.25, -0.2) is 18.4 Å². The first-order valence-corrected chi connectivity index (χ1v) is 12.2. The van der Waals surface area contributed by atoms with E-state index in [0.29, 0.717) is 42.9 Å². The molecule has 0 bridgehead atoms. The van der Waals surface area contributed by atoms with E-state index < -0.39 is 9.84 Å². The summed E-state index contributed by atoms with van der Waals surface area (Å²) in [7, 11) is -1.77. The van der Waals surface area contributed by atoms with Crippen molar-refractivity contribution in [1.29, 1.82) is 0 Å². The summed E-state index contributed by atoms with van der Waals surface area (Å²) in [5, 5.41) is -0.0167. The number of methoxy groups -OCH3 is 1. The van der Waals surface area contributed by atoms with Crippen molar-refractivity contribution in [3.05, 3.63) is 54.4 Å². The number of nitrogens with one attached hydrogen (secondary N) is 1. The van der Waals surface area contributed by atoms with E-state index in [-0.39, 0.29) is 11.1 Å². The normalized spacial score (nSPS) is 14.5. The average Bonchev–Trinajstić information content (AvgIpc) is 3.45. The molecule has 3 aromatic rings. The van der Waals surface area contributed by atoms with Crippen molar-refractivity contribution in [2.75, 3.05) is 33.1 Å². The standard InChI is InChI=1S/C23H25N3O6S/c1-15(14-29-2)31-18-10-16(20-5-6-21(26-20)23-24-8-9-30-23)11-19(12-18)32-17-4-7-22(25-13-17)33(3,27)28/h4-7,10-13,15,26H,8-9,14H2,1-3H3/t15-/m0/s1. The van der Waals surface area contributed by atoms with Crippen LogP contribution in [-0.2, 0) is 19.3 Å². The van der Waals surface area contributed by atoms with Gasteiger partial charge in [0.15, 0.2) is 14.9 Å². The Morgan fingerprint density at radius 2 is 1.88 bits per heavy atom. The molecule has 0 saturated carbocycles. The maximum atomic E-state index is 11.7. The van der Waals surface area contributed by atoms with E-state index in [1.807, 2.05) is 31.2 Å². The molecule has 1 N–H and O–H groups in total. The molecule has 2 aromatic heterocycles. The second kappa shape index (κ2) is 9.63. The van der Waals surface area contributed by atoms with Gasteiger partial charge in [0, 0.05) is 30.7 Å². The summed E-state index contributed by atoms with van der Waals surface area (Å²) >= 11 is 0. The van der Waals surface area contributed by atoms with E-state index in [1.165, 1.54) is 12.3 Å². The highest BCUT2D eigenvalue weighted by atomic mass is 32.2. The molecule has 3 heterocycles. The molecule has 9 nitrogen and oxygen atoms in total. The molecule has 0 radical (unpaired) electrons. The number of ether oxygens (including phenoxy) is 4. The van der Waals surface area contributed by atoms with Crippen molar-refractivity contribution >= 4 is 15.7 Å². The Kier molecular flexibility index (Phi) is 6.66. The number of benzene rings is 1. The maximum absolute atomic E-state index is 11.7. The monoisotopic (exact) mass is 471 g/mol. The van der Waals surface area contributed by atoms with Crippen LogP contribution in [0.25, 0.3) is 11.3 Å². The lowest BCUT2D eigenvalue weighted by molar-refractivity contribution is 0.0920. The molecule has 0 saturated heterocycles. The fraction of sp³-hybridized carbons (Fsp3) is 0.304. The van der Waals surface area contributed by atoms with E-state index in [1.54, 1.807) is 19.2 Å². The van der Waals surface area contributed by atoms with Crippen LogP contribution in [0.4, 0.5) is 0 Å². The number of sulfone groups is 1. The molecule has 0 spiro atoms. The number of hydrogen-bond donors (Lipinski definition) is 1. The van der Waals surface area contributed by atoms with Crippen molar-refractivity contribution in [1.82, 2.24) is 9.97 Å². The zero-order valence-corrected chi connectivity index (χ0v) is 19.4. The Balaban J connectivity index is 1.64. The number of H-pyrrole nitrogens is 1. The van der Waals surface area contributed by atoms with Crippen LogP contribution in [0, 0.1) is 0 Å². The van der Waals surface area contributed by atoms with Crippen LogP contribution in [0.5, 0.6) is 17.2 Å². The number of aliphatic imine (C=N–C) groups is 1. The Bertz CT molecular complexity index is 1250. The number of pyridine rings is 1. The molecule has 174 valence electrons. The van der Waals surface area contributed by atoms with Crippen LogP contribution in [-0.4, -0.2) is 63.5 Å². The third kappa shape index (κ3) is 5.71. The van der Waals surface area contributed by atoms with Gasteiger partial charge in [0.05, 0.1) is 19.3 Å². The molecule has 0 fully saturated rings. The summed E-state index contributed by atoms with van der Waals surface area (Å²) in [6.07, 6.45) is 2.31. The smallest absolute Gasteiger partial charge is 0.233 e. The lowest BCUT2D eigenvalue weighted by Crippen LogP contribution is -2.17. The van der Waals surface area contributed by atoms with Gasteiger partial charge in [-0.3, -0.25) is 0 Å². The number of rotatable bonds is 9. The molecule has 0 amide bonds. The Labute approximate surface area is 192 Å². The number of aromatic nitrogens is 2.